The first-order valence-corrected chi connectivity index (χ1v) is 9.89. The van der Waals surface area contributed by atoms with Crippen LogP contribution in [-0.2, 0) is 21.2 Å². The molecule has 1 aromatic carbocycles. The van der Waals surface area contributed by atoms with E-state index in [0.717, 1.165) is 40.3 Å². The Bertz CT molecular complexity index is 1070. The molecule has 0 aliphatic carbocycles. The Balaban J connectivity index is 1.89. The number of urea groups is 1. The first kappa shape index (κ1) is 20.8. The number of pyridine rings is 1. The summed E-state index contributed by atoms with van der Waals surface area (Å²) in [6, 6.07) is 3.72. The van der Waals surface area contributed by atoms with Crippen molar-refractivity contribution in [2.75, 3.05) is 4.90 Å². The van der Waals surface area contributed by atoms with Gasteiger partial charge in [0, 0.05) is 18.9 Å². The van der Waals surface area contributed by atoms with Gasteiger partial charge >= 0.3 is 11.5 Å². The van der Waals surface area contributed by atoms with Crippen LogP contribution < -0.4 is 4.90 Å². The van der Waals surface area contributed by atoms with Crippen molar-refractivity contribution < 1.29 is 31.2 Å². The fourth-order valence-electron chi connectivity index (χ4n) is 2.92. The van der Waals surface area contributed by atoms with Crippen LogP contribution in [-0.4, -0.2) is 41.8 Å². The van der Waals surface area contributed by atoms with Gasteiger partial charge in [-0.2, -0.15) is 13.2 Å². The van der Waals surface area contributed by atoms with Gasteiger partial charge < -0.3 is 4.90 Å². The van der Waals surface area contributed by atoms with E-state index < -0.39 is 38.2 Å². The number of nitrogens with zero attached hydrogens (tertiary/aromatic N) is 3. The lowest BCUT2D eigenvalue weighted by Gasteiger charge is -2.20. The molecule has 1 fully saturated rings. The van der Waals surface area contributed by atoms with E-state index in [-0.39, 0.29) is 12.2 Å². The zero-order valence-corrected chi connectivity index (χ0v) is 16.2. The lowest BCUT2D eigenvalue weighted by Crippen LogP contribution is -2.33. The van der Waals surface area contributed by atoms with Crippen molar-refractivity contribution in [3.05, 3.63) is 53.9 Å². The van der Waals surface area contributed by atoms with Crippen LogP contribution in [0.1, 0.15) is 18.1 Å². The van der Waals surface area contributed by atoms with Crippen LogP contribution in [0.4, 0.5) is 23.7 Å². The number of hydrogen-bond donors (Lipinski definition) is 0. The van der Waals surface area contributed by atoms with Crippen molar-refractivity contribution in [2.45, 2.75) is 36.8 Å². The van der Waals surface area contributed by atoms with E-state index in [0.29, 0.717) is 0 Å². The number of imide groups is 1. The molecule has 0 saturated carbocycles. The molecule has 1 aliphatic rings. The molecule has 1 saturated heterocycles. The van der Waals surface area contributed by atoms with E-state index in [1.807, 2.05) is 6.92 Å². The van der Waals surface area contributed by atoms with E-state index in [2.05, 4.69) is 4.98 Å². The summed E-state index contributed by atoms with van der Waals surface area (Å²) in [5, 5.41) is 0. The third-order valence-electron chi connectivity index (χ3n) is 4.67. The number of alkyl halides is 3. The molecule has 2 aromatic rings. The second kappa shape index (κ2) is 7.14. The van der Waals surface area contributed by atoms with Crippen molar-refractivity contribution in [2.24, 2.45) is 0 Å². The van der Waals surface area contributed by atoms with Gasteiger partial charge in [-0.1, -0.05) is 0 Å². The lowest BCUT2D eigenvalue weighted by atomic mass is 10.1. The first-order chi connectivity index (χ1) is 13.4. The minimum atomic E-state index is -5.52. The highest BCUT2D eigenvalue weighted by molar-refractivity contribution is 7.92. The zero-order valence-electron chi connectivity index (χ0n) is 15.3. The maximum atomic E-state index is 12.8. The quantitative estimate of drug-likeness (QED) is 0.700. The standard InChI is InChI=1S/C18H16F3N3O4S/c1-11-9-22-8-7-13(11)10-23-12(2)16(25)24(17(23)26)14-3-5-15(6-4-14)29(27,28)18(19,20)21/h3-9,12H,10H2,1-2H3/t12-/m0/s1. The number of benzene rings is 1. The van der Waals surface area contributed by atoms with Gasteiger partial charge in [0.2, 0.25) is 0 Å². The van der Waals surface area contributed by atoms with Crippen LogP contribution in [0.2, 0.25) is 0 Å². The summed E-state index contributed by atoms with van der Waals surface area (Å²) >= 11 is 0. The molecule has 29 heavy (non-hydrogen) atoms. The maximum Gasteiger partial charge on any atom is 0.501 e. The summed E-state index contributed by atoms with van der Waals surface area (Å²) in [5.41, 5.74) is -3.83. The van der Waals surface area contributed by atoms with Crippen LogP contribution in [0.5, 0.6) is 0 Å². The zero-order chi connectivity index (χ0) is 21.6. The smallest absolute Gasteiger partial charge is 0.308 e. The normalized spacial score (nSPS) is 17.9. The average molecular weight is 427 g/mol. The van der Waals surface area contributed by atoms with Gasteiger partial charge in [-0.15, -0.1) is 0 Å². The molecule has 3 amide bonds. The molecule has 0 unspecified atom stereocenters. The number of hydrogen-bond acceptors (Lipinski definition) is 5. The summed E-state index contributed by atoms with van der Waals surface area (Å²) < 4.78 is 60.9. The third kappa shape index (κ3) is 3.57. The molecule has 0 bridgehead atoms. The summed E-state index contributed by atoms with van der Waals surface area (Å²) in [7, 11) is -5.52. The van der Waals surface area contributed by atoms with Crippen molar-refractivity contribution in [3.63, 3.8) is 0 Å². The SMILES string of the molecule is Cc1cnccc1CN1C(=O)N(c2ccc(S(=O)(=O)C(F)(F)F)cc2)C(=O)[C@@H]1C. The number of amides is 3. The molecular weight excluding hydrogens is 411 g/mol. The molecule has 1 aromatic heterocycles. The van der Waals surface area contributed by atoms with E-state index in [9.17, 15) is 31.2 Å². The van der Waals surface area contributed by atoms with E-state index in [1.165, 1.54) is 4.90 Å². The molecule has 0 spiro atoms. The van der Waals surface area contributed by atoms with Gasteiger partial charge in [-0.25, -0.2) is 18.1 Å². The van der Waals surface area contributed by atoms with E-state index in [1.54, 1.807) is 25.4 Å². The van der Waals surface area contributed by atoms with Crippen LogP contribution in [0.25, 0.3) is 0 Å². The first-order valence-electron chi connectivity index (χ1n) is 8.40. The Hall–Kier alpha value is -2.95. The number of sulfone groups is 1. The molecule has 154 valence electrons. The Labute approximate surface area is 164 Å². The topological polar surface area (TPSA) is 87.7 Å². The summed E-state index contributed by atoms with van der Waals surface area (Å²) in [5.74, 6) is -0.562. The van der Waals surface area contributed by atoms with Crippen molar-refractivity contribution in [1.82, 2.24) is 9.88 Å². The molecule has 1 atom stereocenters. The van der Waals surface area contributed by atoms with Gasteiger partial charge in [0.1, 0.15) is 6.04 Å². The van der Waals surface area contributed by atoms with Crippen molar-refractivity contribution in [1.29, 1.82) is 0 Å². The summed E-state index contributed by atoms with van der Waals surface area (Å²) in [6.45, 7) is 3.50. The van der Waals surface area contributed by atoms with Gasteiger partial charge in [0.25, 0.3) is 15.7 Å². The highest BCUT2D eigenvalue weighted by Crippen LogP contribution is 2.32. The van der Waals surface area contributed by atoms with Crippen LogP contribution in [0.15, 0.2) is 47.6 Å². The Morgan fingerprint density at radius 3 is 2.28 bits per heavy atom. The van der Waals surface area contributed by atoms with Crippen LogP contribution in [0.3, 0.4) is 0 Å². The van der Waals surface area contributed by atoms with Crippen molar-refractivity contribution >= 4 is 27.5 Å². The number of aryl methyl sites for hydroxylation is 1. The third-order valence-corrected chi connectivity index (χ3v) is 6.17. The minimum Gasteiger partial charge on any atom is -0.308 e. The van der Waals surface area contributed by atoms with Gasteiger partial charge in [0.15, 0.2) is 0 Å². The average Bonchev–Trinajstić information content (AvgIpc) is 2.86. The predicted molar refractivity (Wildman–Crippen MR) is 96.5 cm³/mol. The summed E-state index contributed by atoms with van der Waals surface area (Å²) in [6.07, 6.45) is 3.19. The van der Waals surface area contributed by atoms with E-state index >= 15 is 0 Å². The van der Waals surface area contributed by atoms with Gasteiger partial charge in [-0.05, 0) is 55.3 Å². The monoisotopic (exact) mass is 427 g/mol. The van der Waals surface area contributed by atoms with Crippen LogP contribution in [0, 0.1) is 6.92 Å². The second-order valence-electron chi connectivity index (χ2n) is 6.51. The van der Waals surface area contributed by atoms with E-state index in [4.69, 9.17) is 0 Å². The highest BCUT2D eigenvalue weighted by atomic mass is 32.2. The molecule has 2 heterocycles. The molecule has 7 nitrogen and oxygen atoms in total. The largest absolute Gasteiger partial charge is 0.501 e. The Kier molecular flexibility index (Phi) is 5.11. The van der Waals surface area contributed by atoms with Crippen molar-refractivity contribution in [3.8, 4) is 0 Å². The number of halogens is 3. The second-order valence-corrected chi connectivity index (χ2v) is 8.45. The number of aromatic nitrogens is 1. The number of anilines is 1. The Morgan fingerprint density at radius 1 is 1.10 bits per heavy atom. The fourth-order valence-corrected chi connectivity index (χ4v) is 3.68. The number of carbonyl (C=O) groups is 2. The molecule has 11 heteroatoms. The van der Waals surface area contributed by atoms with Gasteiger partial charge in [0.05, 0.1) is 10.6 Å². The minimum absolute atomic E-state index is 0.0121. The Morgan fingerprint density at radius 2 is 1.72 bits per heavy atom. The maximum absolute atomic E-state index is 12.8. The molecule has 3 rings (SSSR count). The molecule has 0 N–H and O–H groups in total. The summed E-state index contributed by atoms with van der Waals surface area (Å²) in [4.78, 5) is 30.5. The fraction of sp³-hybridized carbons (Fsp3) is 0.278. The predicted octanol–water partition coefficient (Wildman–Crippen LogP) is 3.04. The van der Waals surface area contributed by atoms with Gasteiger partial charge in [-0.3, -0.25) is 9.78 Å². The highest BCUT2D eigenvalue weighted by Gasteiger charge is 2.47. The molecular formula is C18H16F3N3O4S. The molecule has 0 radical (unpaired) electrons. The lowest BCUT2D eigenvalue weighted by molar-refractivity contribution is -0.119. The van der Waals surface area contributed by atoms with Crippen LogP contribution >= 0.6 is 0 Å². The number of carbonyl (C=O) groups excluding carboxylic acids is 2. The molecule has 1 aliphatic heterocycles. The number of rotatable bonds is 4.